The molecule has 1 fully saturated rings. The Balaban J connectivity index is 1.67. The highest BCUT2D eigenvalue weighted by atomic mass is 16.5. The number of unbranched alkanes of at least 4 members (excludes halogenated alkanes) is 5. The van der Waals surface area contributed by atoms with Gasteiger partial charge in [0.2, 0.25) is 5.91 Å². The number of aliphatic carboxylic acids is 1. The highest BCUT2D eigenvalue weighted by Crippen LogP contribution is 2.21. The third kappa shape index (κ3) is 8.91. The molecule has 3 atom stereocenters. The summed E-state index contributed by atoms with van der Waals surface area (Å²) in [7, 11) is 0. The first-order valence-electron chi connectivity index (χ1n) is 14.2. The first-order valence-corrected chi connectivity index (χ1v) is 14.2. The molecular weight excluding hydrogens is 510 g/mol. The summed E-state index contributed by atoms with van der Waals surface area (Å²) in [6.07, 6.45) is 6.70. The molecule has 216 valence electrons. The maximum atomic E-state index is 13.5. The second-order valence-electron chi connectivity index (χ2n) is 10.3. The zero-order chi connectivity index (χ0) is 28.9. The number of hydrogen-bond donors (Lipinski definition) is 2. The first-order chi connectivity index (χ1) is 19.3. The quantitative estimate of drug-likeness (QED) is 0.229. The number of carboxylic acids is 1. The molecule has 40 heavy (non-hydrogen) atoms. The average molecular weight is 552 g/mol. The molecule has 0 aromatic heterocycles. The lowest BCUT2D eigenvalue weighted by Gasteiger charge is -2.26. The topological polar surface area (TPSA) is 116 Å². The molecular formula is C31H41N3O6. The van der Waals surface area contributed by atoms with Crippen molar-refractivity contribution in [2.45, 2.75) is 90.1 Å². The van der Waals surface area contributed by atoms with Crippen LogP contribution in [0.25, 0.3) is 0 Å². The van der Waals surface area contributed by atoms with Crippen LogP contribution in [0.5, 0.6) is 0 Å². The predicted molar refractivity (Wildman–Crippen MR) is 151 cm³/mol. The number of carbonyl (C=O) groups is 4. The maximum Gasteiger partial charge on any atom is 0.328 e. The Labute approximate surface area is 236 Å². The van der Waals surface area contributed by atoms with E-state index >= 15 is 0 Å². The second kappa shape index (κ2) is 15.8. The molecule has 1 saturated heterocycles. The Morgan fingerprint density at radius 3 is 2.17 bits per heavy atom. The Hall–Kier alpha value is -3.72. The van der Waals surface area contributed by atoms with Crippen molar-refractivity contribution < 1.29 is 29.0 Å². The number of benzene rings is 2. The van der Waals surface area contributed by atoms with Gasteiger partial charge in [0.1, 0.15) is 12.6 Å². The van der Waals surface area contributed by atoms with Crippen LogP contribution in [-0.4, -0.2) is 63.5 Å². The van der Waals surface area contributed by atoms with E-state index in [-0.39, 0.29) is 19.7 Å². The van der Waals surface area contributed by atoms with Crippen molar-refractivity contribution in [1.29, 1.82) is 0 Å². The van der Waals surface area contributed by atoms with Crippen LogP contribution in [0.3, 0.4) is 0 Å². The van der Waals surface area contributed by atoms with Crippen molar-refractivity contribution in [3.8, 4) is 0 Å². The number of ether oxygens (including phenoxy) is 1. The number of carbonyl (C=O) groups excluding carboxylic acids is 3. The molecule has 3 rings (SSSR count). The fourth-order valence-corrected chi connectivity index (χ4v) is 4.84. The summed E-state index contributed by atoms with van der Waals surface area (Å²) in [5.41, 5.74) is 1.68. The number of esters is 1. The molecule has 9 nitrogen and oxygen atoms in total. The lowest BCUT2D eigenvalue weighted by atomic mass is 10.0. The van der Waals surface area contributed by atoms with Crippen LogP contribution in [0.1, 0.15) is 69.9 Å². The molecule has 0 aliphatic carbocycles. The Bertz CT molecular complexity index is 1110. The number of hydrogen-bond acceptors (Lipinski definition) is 6. The van der Waals surface area contributed by atoms with Gasteiger partial charge in [-0.3, -0.25) is 14.9 Å². The molecule has 0 radical (unpaired) electrons. The molecule has 0 saturated carbocycles. The van der Waals surface area contributed by atoms with Crippen molar-refractivity contribution in [1.82, 2.24) is 15.1 Å². The smallest absolute Gasteiger partial charge is 0.328 e. The van der Waals surface area contributed by atoms with Gasteiger partial charge in [0.05, 0.1) is 12.6 Å². The lowest BCUT2D eigenvalue weighted by Crippen LogP contribution is -2.54. The summed E-state index contributed by atoms with van der Waals surface area (Å²) in [5.74, 6) is -2.42. The molecule has 1 aliphatic rings. The van der Waals surface area contributed by atoms with E-state index in [0.717, 1.165) is 48.1 Å². The van der Waals surface area contributed by atoms with E-state index in [1.54, 1.807) is 6.92 Å². The van der Waals surface area contributed by atoms with Crippen molar-refractivity contribution in [2.24, 2.45) is 0 Å². The maximum absolute atomic E-state index is 13.5. The fourth-order valence-electron chi connectivity index (χ4n) is 4.84. The zero-order valence-corrected chi connectivity index (χ0v) is 23.5. The number of urea groups is 1. The van der Waals surface area contributed by atoms with Crippen LogP contribution < -0.4 is 5.32 Å². The van der Waals surface area contributed by atoms with Gasteiger partial charge in [0.15, 0.2) is 6.04 Å². The minimum atomic E-state index is -1.31. The van der Waals surface area contributed by atoms with Crippen molar-refractivity contribution in [3.05, 3.63) is 71.8 Å². The number of rotatable bonds is 16. The predicted octanol–water partition coefficient (Wildman–Crippen LogP) is 4.74. The summed E-state index contributed by atoms with van der Waals surface area (Å²) < 4.78 is 5.56. The van der Waals surface area contributed by atoms with E-state index < -0.39 is 42.0 Å². The summed E-state index contributed by atoms with van der Waals surface area (Å²) in [6, 6.07) is 14.8. The van der Waals surface area contributed by atoms with Gasteiger partial charge < -0.3 is 14.7 Å². The molecule has 1 heterocycles. The van der Waals surface area contributed by atoms with Crippen LogP contribution in [-0.2, 0) is 32.3 Å². The SMILES string of the molecule is CCCCCCCC[C@H](N[C@@H](C)C(=O)N1C(=O)N(Cc2ccccc2)C[C@H]1C(=O)O)C(=O)OCc1ccccc1. The Morgan fingerprint density at radius 2 is 1.55 bits per heavy atom. The molecule has 0 unspecified atom stereocenters. The van der Waals surface area contributed by atoms with Gasteiger partial charge in [0, 0.05) is 6.54 Å². The molecule has 3 amide bonds. The number of nitrogens with zero attached hydrogens (tertiary/aromatic N) is 2. The van der Waals surface area contributed by atoms with E-state index in [4.69, 9.17) is 4.74 Å². The van der Waals surface area contributed by atoms with Crippen LogP contribution in [0, 0.1) is 0 Å². The van der Waals surface area contributed by atoms with Crippen molar-refractivity contribution >= 4 is 23.9 Å². The van der Waals surface area contributed by atoms with Gasteiger partial charge >= 0.3 is 18.0 Å². The number of nitrogens with one attached hydrogen (secondary N) is 1. The van der Waals surface area contributed by atoms with Crippen molar-refractivity contribution in [3.63, 3.8) is 0 Å². The van der Waals surface area contributed by atoms with Crippen LogP contribution in [0.4, 0.5) is 4.79 Å². The summed E-state index contributed by atoms with van der Waals surface area (Å²) in [6.45, 7) is 3.90. The van der Waals surface area contributed by atoms with Gasteiger partial charge in [0.25, 0.3) is 0 Å². The number of amides is 3. The number of carboxylic acid groups (broad SMARTS) is 1. The normalized spacial score (nSPS) is 16.6. The molecule has 2 N–H and O–H groups in total. The van der Waals surface area contributed by atoms with Gasteiger partial charge in [-0.15, -0.1) is 0 Å². The highest BCUT2D eigenvalue weighted by Gasteiger charge is 2.46. The molecule has 2 aromatic carbocycles. The summed E-state index contributed by atoms with van der Waals surface area (Å²) >= 11 is 0. The Kier molecular flexibility index (Phi) is 12.1. The van der Waals surface area contributed by atoms with Crippen LogP contribution >= 0.6 is 0 Å². The van der Waals surface area contributed by atoms with E-state index in [1.165, 1.54) is 11.3 Å². The third-order valence-corrected chi connectivity index (χ3v) is 7.10. The monoisotopic (exact) mass is 551 g/mol. The van der Waals surface area contributed by atoms with E-state index in [0.29, 0.717) is 6.42 Å². The minimum Gasteiger partial charge on any atom is -0.480 e. The molecule has 0 spiro atoms. The molecule has 2 aromatic rings. The summed E-state index contributed by atoms with van der Waals surface area (Å²) in [5, 5.41) is 12.8. The van der Waals surface area contributed by atoms with Gasteiger partial charge in [-0.05, 0) is 24.5 Å². The van der Waals surface area contributed by atoms with Crippen LogP contribution in [0.2, 0.25) is 0 Å². The van der Waals surface area contributed by atoms with Gasteiger partial charge in [-0.2, -0.15) is 0 Å². The fraction of sp³-hybridized carbons (Fsp3) is 0.484. The molecule has 1 aliphatic heterocycles. The zero-order valence-electron chi connectivity index (χ0n) is 23.5. The minimum absolute atomic E-state index is 0.108. The Morgan fingerprint density at radius 1 is 0.950 bits per heavy atom. The van der Waals surface area contributed by atoms with Gasteiger partial charge in [-0.1, -0.05) is 106 Å². The van der Waals surface area contributed by atoms with Crippen molar-refractivity contribution in [2.75, 3.05) is 6.54 Å². The lowest BCUT2D eigenvalue weighted by molar-refractivity contribution is -0.149. The van der Waals surface area contributed by atoms with Gasteiger partial charge in [-0.25, -0.2) is 14.5 Å². The van der Waals surface area contributed by atoms with Crippen LogP contribution in [0.15, 0.2) is 60.7 Å². The number of imide groups is 1. The molecule has 0 bridgehead atoms. The van der Waals surface area contributed by atoms with E-state index in [9.17, 15) is 24.3 Å². The van der Waals surface area contributed by atoms with E-state index in [1.807, 2.05) is 60.7 Å². The third-order valence-electron chi connectivity index (χ3n) is 7.10. The standard InChI is InChI=1S/C31H41N3O6/c1-3-4-5-6-7-14-19-26(30(38)40-22-25-17-12-9-13-18-25)32-23(2)28(35)34-27(29(36)37)21-33(31(34)39)20-24-15-10-8-11-16-24/h8-13,15-18,23,26-27,32H,3-7,14,19-22H2,1-2H3,(H,36,37)/t23-,26-,27-/m0/s1. The second-order valence-corrected chi connectivity index (χ2v) is 10.3. The van der Waals surface area contributed by atoms with E-state index in [2.05, 4.69) is 12.2 Å². The summed E-state index contributed by atoms with van der Waals surface area (Å²) in [4.78, 5) is 53.9. The molecule has 9 heteroatoms. The average Bonchev–Trinajstić information content (AvgIpc) is 3.29. The largest absolute Gasteiger partial charge is 0.480 e. The first kappa shape index (κ1) is 30.8. The highest BCUT2D eigenvalue weighted by molar-refractivity contribution is 6.02.